The van der Waals surface area contributed by atoms with E-state index in [1.807, 2.05) is 30.3 Å². The highest BCUT2D eigenvalue weighted by Crippen LogP contribution is 2.01. The molecular weight excluding hydrogens is 242 g/mol. The van der Waals surface area contributed by atoms with Crippen LogP contribution in [0.2, 0.25) is 0 Å². The van der Waals surface area contributed by atoms with Gasteiger partial charge in [-0.05, 0) is 12.5 Å². The Morgan fingerprint density at radius 3 is 2.59 bits per heavy atom. The molecule has 1 aromatic carbocycles. The van der Waals surface area contributed by atoms with E-state index in [-0.39, 0.29) is 18.8 Å². The SMILES string of the molecule is CC(=NOCCCS(=O)(=O)O)c1ccccc1. The van der Waals surface area contributed by atoms with Gasteiger partial charge in [0.05, 0.1) is 11.5 Å². The van der Waals surface area contributed by atoms with E-state index in [9.17, 15) is 8.42 Å². The summed E-state index contributed by atoms with van der Waals surface area (Å²) in [5.41, 5.74) is 1.67. The Labute approximate surface area is 101 Å². The van der Waals surface area contributed by atoms with Crippen LogP contribution in [0.25, 0.3) is 0 Å². The topological polar surface area (TPSA) is 76.0 Å². The fourth-order valence-electron chi connectivity index (χ4n) is 1.18. The minimum atomic E-state index is -3.91. The molecule has 0 atom stereocenters. The van der Waals surface area contributed by atoms with Gasteiger partial charge in [-0.3, -0.25) is 4.55 Å². The molecule has 0 unspecified atom stereocenters. The number of rotatable bonds is 6. The van der Waals surface area contributed by atoms with Gasteiger partial charge in [0.1, 0.15) is 6.61 Å². The Hall–Kier alpha value is -1.40. The van der Waals surface area contributed by atoms with Crippen LogP contribution in [0.5, 0.6) is 0 Å². The van der Waals surface area contributed by atoms with Gasteiger partial charge < -0.3 is 4.84 Å². The molecule has 0 aromatic heterocycles. The Morgan fingerprint density at radius 1 is 1.35 bits per heavy atom. The molecule has 0 saturated heterocycles. The Bertz CT molecular complexity index is 468. The van der Waals surface area contributed by atoms with Crippen LogP contribution in [0.15, 0.2) is 35.5 Å². The molecular formula is C11H15NO4S. The number of hydrogen-bond acceptors (Lipinski definition) is 4. The molecule has 0 saturated carbocycles. The third-order valence-corrected chi connectivity index (χ3v) is 2.84. The molecule has 0 amide bonds. The molecule has 1 rings (SSSR count). The predicted molar refractivity (Wildman–Crippen MR) is 65.6 cm³/mol. The van der Waals surface area contributed by atoms with E-state index in [2.05, 4.69) is 5.16 Å². The zero-order chi connectivity index (χ0) is 12.7. The lowest BCUT2D eigenvalue weighted by Gasteiger charge is -2.01. The molecule has 0 aliphatic carbocycles. The summed E-state index contributed by atoms with van der Waals surface area (Å²) < 4.78 is 29.3. The molecule has 1 N–H and O–H groups in total. The lowest BCUT2D eigenvalue weighted by Crippen LogP contribution is -2.06. The first-order chi connectivity index (χ1) is 7.99. The van der Waals surface area contributed by atoms with Crippen molar-refractivity contribution < 1.29 is 17.8 Å². The van der Waals surface area contributed by atoms with E-state index in [1.165, 1.54) is 0 Å². The smallest absolute Gasteiger partial charge is 0.264 e. The maximum Gasteiger partial charge on any atom is 0.264 e. The van der Waals surface area contributed by atoms with Crippen molar-refractivity contribution in [3.8, 4) is 0 Å². The third kappa shape index (κ3) is 6.03. The summed E-state index contributed by atoms with van der Waals surface area (Å²) in [4.78, 5) is 4.96. The quantitative estimate of drug-likeness (QED) is 0.364. The Morgan fingerprint density at radius 2 is 2.00 bits per heavy atom. The number of benzene rings is 1. The summed E-state index contributed by atoms with van der Waals surface area (Å²) in [5.74, 6) is -0.313. The fraction of sp³-hybridized carbons (Fsp3) is 0.364. The summed E-state index contributed by atoms with van der Waals surface area (Å²) in [6, 6.07) is 9.50. The average Bonchev–Trinajstić information content (AvgIpc) is 2.28. The Balaban J connectivity index is 2.35. The van der Waals surface area contributed by atoms with E-state index >= 15 is 0 Å². The van der Waals surface area contributed by atoms with Crippen LogP contribution >= 0.6 is 0 Å². The maximum absolute atomic E-state index is 10.4. The second-order valence-corrected chi connectivity index (χ2v) is 5.09. The second kappa shape index (κ2) is 6.36. The van der Waals surface area contributed by atoms with Crippen molar-refractivity contribution in [1.29, 1.82) is 0 Å². The summed E-state index contributed by atoms with van der Waals surface area (Å²) in [5, 5.41) is 3.85. The standard InChI is InChI=1S/C11H15NO4S/c1-10(11-6-3-2-4-7-11)12-16-8-5-9-17(13,14)15/h2-4,6-7H,5,8-9H2,1H3,(H,13,14,15). The third-order valence-electron chi connectivity index (χ3n) is 2.03. The van der Waals surface area contributed by atoms with E-state index in [1.54, 1.807) is 6.92 Å². The highest BCUT2D eigenvalue weighted by molar-refractivity contribution is 7.85. The van der Waals surface area contributed by atoms with Crippen molar-refractivity contribution in [1.82, 2.24) is 0 Å². The van der Waals surface area contributed by atoms with E-state index < -0.39 is 10.1 Å². The number of nitrogens with zero attached hydrogens (tertiary/aromatic N) is 1. The highest BCUT2D eigenvalue weighted by Gasteiger charge is 2.03. The van der Waals surface area contributed by atoms with Crippen molar-refractivity contribution in [3.05, 3.63) is 35.9 Å². The molecule has 5 nitrogen and oxygen atoms in total. The van der Waals surface area contributed by atoms with Gasteiger partial charge in [-0.2, -0.15) is 8.42 Å². The minimum Gasteiger partial charge on any atom is -0.396 e. The molecule has 0 aliphatic heterocycles. The summed E-state index contributed by atoms with van der Waals surface area (Å²) in [6.07, 6.45) is 0.213. The normalized spacial score (nSPS) is 12.5. The molecule has 6 heteroatoms. The number of hydrogen-bond donors (Lipinski definition) is 1. The second-order valence-electron chi connectivity index (χ2n) is 3.52. The van der Waals surface area contributed by atoms with Crippen molar-refractivity contribution in [3.63, 3.8) is 0 Å². The molecule has 94 valence electrons. The lowest BCUT2D eigenvalue weighted by atomic mass is 10.1. The first kappa shape index (κ1) is 13.7. The van der Waals surface area contributed by atoms with Crippen LogP contribution < -0.4 is 0 Å². The molecule has 0 heterocycles. The zero-order valence-electron chi connectivity index (χ0n) is 9.54. The molecule has 0 spiro atoms. The van der Waals surface area contributed by atoms with E-state index in [4.69, 9.17) is 9.39 Å². The summed E-state index contributed by atoms with van der Waals surface area (Å²) >= 11 is 0. The van der Waals surface area contributed by atoms with Crippen molar-refractivity contribution >= 4 is 15.8 Å². The molecule has 0 fully saturated rings. The van der Waals surface area contributed by atoms with Crippen LogP contribution in [-0.4, -0.2) is 31.0 Å². The molecule has 1 aromatic rings. The van der Waals surface area contributed by atoms with Gasteiger partial charge in [0, 0.05) is 6.42 Å². The van der Waals surface area contributed by atoms with Crippen LogP contribution in [-0.2, 0) is 15.0 Å². The van der Waals surface area contributed by atoms with Crippen LogP contribution in [0, 0.1) is 0 Å². The van der Waals surface area contributed by atoms with Gasteiger partial charge in [0.25, 0.3) is 10.1 Å². The molecule has 17 heavy (non-hydrogen) atoms. The fourth-order valence-corrected chi connectivity index (χ4v) is 1.66. The van der Waals surface area contributed by atoms with Gasteiger partial charge >= 0.3 is 0 Å². The molecule has 0 bridgehead atoms. The first-order valence-corrected chi connectivity index (χ1v) is 6.77. The average molecular weight is 257 g/mol. The monoisotopic (exact) mass is 257 g/mol. The van der Waals surface area contributed by atoms with Crippen molar-refractivity contribution in [2.24, 2.45) is 5.16 Å². The van der Waals surface area contributed by atoms with Gasteiger partial charge in [0.2, 0.25) is 0 Å². The van der Waals surface area contributed by atoms with Crippen LogP contribution in [0.1, 0.15) is 18.9 Å². The predicted octanol–water partition coefficient (Wildman–Crippen LogP) is 1.71. The van der Waals surface area contributed by atoms with Gasteiger partial charge in [-0.25, -0.2) is 0 Å². The maximum atomic E-state index is 10.4. The lowest BCUT2D eigenvalue weighted by molar-refractivity contribution is 0.145. The van der Waals surface area contributed by atoms with Crippen molar-refractivity contribution in [2.75, 3.05) is 12.4 Å². The summed E-state index contributed by atoms with van der Waals surface area (Å²) in [7, 11) is -3.91. The summed E-state index contributed by atoms with van der Waals surface area (Å²) in [6.45, 7) is 1.96. The minimum absolute atomic E-state index is 0.157. The number of oxime groups is 1. The van der Waals surface area contributed by atoms with Crippen molar-refractivity contribution in [2.45, 2.75) is 13.3 Å². The highest BCUT2D eigenvalue weighted by atomic mass is 32.2. The first-order valence-electron chi connectivity index (χ1n) is 5.16. The molecule has 0 aliphatic rings. The van der Waals surface area contributed by atoms with Gasteiger partial charge in [-0.15, -0.1) is 0 Å². The largest absolute Gasteiger partial charge is 0.396 e. The van der Waals surface area contributed by atoms with E-state index in [0.717, 1.165) is 11.3 Å². The Kier molecular flexibility index (Phi) is 5.11. The van der Waals surface area contributed by atoms with Gasteiger partial charge in [-0.1, -0.05) is 35.5 Å². The van der Waals surface area contributed by atoms with Crippen LogP contribution in [0.3, 0.4) is 0 Å². The van der Waals surface area contributed by atoms with E-state index in [0.29, 0.717) is 0 Å². The molecule has 0 radical (unpaired) electrons. The van der Waals surface area contributed by atoms with Gasteiger partial charge in [0.15, 0.2) is 0 Å². The zero-order valence-corrected chi connectivity index (χ0v) is 10.4. The van der Waals surface area contributed by atoms with Crippen LogP contribution in [0.4, 0.5) is 0 Å².